The summed E-state index contributed by atoms with van der Waals surface area (Å²) in [5.41, 5.74) is 1.60. The molecule has 158 valence electrons. The van der Waals surface area contributed by atoms with Gasteiger partial charge in [-0.1, -0.05) is 29.4 Å². The highest BCUT2D eigenvalue weighted by Crippen LogP contribution is 2.19. The van der Waals surface area contributed by atoms with Crippen molar-refractivity contribution in [3.05, 3.63) is 65.6 Å². The molecule has 1 heterocycles. The van der Waals surface area contributed by atoms with Crippen LogP contribution in [0, 0.1) is 18.6 Å². The Balaban J connectivity index is 1.39. The van der Waals surface area contributed by atoms with E-state index in [1.54, 1.807) is 37.3 Å². The minimum atomic E-state index is -0.334. The highest BCUT2D eigenvalue weighted by molar-refractivity contribution is 5.76. The number of nitrogens with zero attached hydrogens (tertiary/aromatic N) is 3. The largest absolute Gasteiger partial charge is 0.372 e. The maximum Gasteiger partial charge on any atom is 0.227 e. The standard InChI is InChI=1S/C22H24F2N4O2/c1-15-8-9-16(14-18(15)24)22-26-21(30-27-22)11-10-20(29)25-12-5-13-28(2)19-7-4-3-6-17(19)23/h3-4,6-9,14H,5,10-13H2,1-2H3,(H,25,29). The molecule has 30 heavy (non-hydrogen) atoms. The van der Waals surface area contributed by atoms with Crippen LogP contribution < -0.4 is 10.2 Å². The Hall–Kier alpha value is -3.29. The van der Waals surface area contributed by atoms with E-state index in [2.05, 4.69) is 15.5 Å². The Kier molecular flexibility index (Phi) is 7.11. The molecule has 6 nitrogen and oxygen atoms in total. The number of aromatic nitrogens is 2. The minimum absolute atomic E-state index is 0.135. The van der Waals surface area contributed by atoms with Crippen molar-refractivity contribution in [2.24, 2.45) is 0 Å². The normalized spacial score (nSPS) is 10.8. The first-order valence-corrected chi connectivity index (χ1v) is 9.75. The summed E-state index contributed by atoms with van der Waals surface area (Å²) in [5, 5.41) is 6.67. The summed E-state index contributed by atoms with van der Waals surface area (Å²) >= 11 is 0. The van der Waals surface area contributed by atoms with Crippen molar-refractivity contribution in [1.82, 2.24) is 15.5 Å². The van der Waals surface area contributed by atoms with Gasteiger partial charge in [0.05, 0.1) is 5.69 Å². The van der Waals surface area contributed by atoms with Crippen LogP contribution in [0.25, 0.3) is 11.4 Å². The lowest BCUT2D eigenvalue weighted by atomic mass is 10.1. The van der Waals surface area contributed by atoms with Crippen molar-refractivity contribution in [1.29, 1.82) is 0 Å². The fourth-order valence-electron chi connectivity index (χ4n) is 2.94. The van der Waals surface area contributed by atoms with Crippen molar-refractivity contribution in [3.8, 4) is 11.4 Å². The molecule has 1 N–H and O–H groups in total. The van der Waals surface area contributed by atoms with Crippen LogP contribution in [0.2, 0.25) is 0 Å². The number of para-hydroxylation sites is 1. The summed E-state index contributed by atoms with van der Waals surface area (Å²) < 4.78 is 32.6. The van der Waals surface area contributed by atoms with Crippen LogP contribution in [0.3, 0.4) is 0 Å². The van der Waals surface area contributed by atoms with E-state index in [4.69, 9.17) is 4.52 Å². The number of halogens is 2. The smallest absolute Gasteiger partial charge is 0.227 e. The quantitative estimate of drug-likeness (QED) is 0.538. The first-order valence-electron chi connectivity index (χ1n) is 9.75. The molecule has 0 radical (unpaired) electrons. The number of carbonyl (C=O) groups excluding carboxylic acids is 1. The maximum atomic E-state index is 13.7. The molecule has 0 fully saturated rings. The second-order valence-electron chi connectivity index (χ2n) is 7.05. The van der Waals surface area contributed by atoms with Crippen LogP contribution in [0.1, 0.15) is 24.3 Å². The second-order valence-corrected chi connectivity index (χ2v) is 7.05. The summed E-state index contributed by atoms with van der Waals surface area (Å²) in [6.07, 6.45) is 1.18. The lowest BCUT2D eigenvalue weighted by molar-refractivity contribution is -0.121. The topological polar surface area (TPSA) is 71.3 Å². The molecular formula is C22H24F2N4O2. The molecule has 3 aromatic rings. The molecule has 0 aliphatic carbocycles. The highest BCUT2D eigenvalue weighted by atomic mass is 19.1. The number of hydrogen-bond donors (Lipinski definition) is 1. The Morgan fingerprint density at radius 1 is 1.17 bits per heavy atom. The molecule has 0 spiro atoms. The average molecular weight is 414 g/mol. The van der Waals surface area contributed by atoms with Gasteiger partial charge >= 0.3 is 0 Å². The molecule has 8 heteroatoms. The third-order valence-corrected chi connectivity index (χ3v) is 4.72. The molecular weight excluding hydrogens is 390 g/mol. The molecule has 0 saturated carbocycles. The van der Waals surface area contributed by atoms with Crippen molar-refractivity contribution in [2.75, 3.05) is 25.0 Å². The van der Waals surface area contributed by atoms with Gasteiger partial charge in [-0.2, -0.15) is 4.98 Å². The molecule has 3 rings (SSSR count). The van der Waals surface area contributed by atoms with E-state index in [1.807, 2.05) is 11.9 Å². The van der Waals surface area contributed by atoms with E-state index in [0.717, 1.165) is 0 Å². The van der Waals surface area contributed by atoms with Gasteiger partial charge in [-0.15, -0.1) is 0 Å². The average Bonchev–Trinajstić information content (AvgIpc) is 3.21. The van der Waals surface area contributed by atoms with E-state index in [9.17, 15) is 13.6 Å². The zero-order chi connectivity index (χ0) is 21.5. The van der Waals surface area contributed by atoms with E-state index in [0.29, 0.717) is 54.5 Å². The van der Waals surface area contributed by atoms with Gasteiger partial charge < -0.3 is 14.7 Å². The number of anilines is 1. The first-order chi connectivity index (χ1) is 14.4. The van der Waals surface area contributed by atoms with E-state index in [-0.39, 0.29) is 24.0 Å². The second kappa shape index (κ2) is 9.96. The molecule has 0 aliphatic rings. The predicted molar refractivity (Wildman–Crippen MR) is 110 cm³/mol. The zero-order valence-electron chi connectivity index (χ0n) is 17.0. The van der Waals surface area contributed by atoms with Crippen molar-refractivity contribution < 1.29 is 18.1 Å². The van der Waals surface area contributed by atoms with Gasteiger partial charge in [-0.25, -0.2) is 8.78 Å². The number of rotatable bonds is 9. The number of nitrogens with one attached hydrogen (secondary N) is 1. The van der Waals surface area contributed by atoms with Crippen LogP contribution in [0.4, 0.5) is 14.5 Å². The van der Waals surface area contributed by atoms with Gasteiger partial charge in [0, 0.05) is 38.5 Å². The lowest BCUT2D eigenvalue weighted by Gasteiger charge is -2.19. The van der Waals surface area contributed by atoms with E-state index >= 15 is 0 Å². The van der Waals surface area contributed by atoms with Gasteiger partial charge in [0.2, 0.25) is 17.6 Å². The van der Waals surface area contributed by atoms with Gasteiger partial charge in [0.1, 0.15) is 11.6 Å². The number of amides is 1. The van der Waals surface area contributed by atoms with Crippen LogP contribution in [0.15, 0.2) is 47.0 Å². The predicted octanol–water partition coefficient (Wildman–Crippen LogP) is 3.90. The minimum Gasteiger partial charge on any atom is -0.372 e. The number of hydrogen-bond acceptors (Lipinski definition) is 5. The van der Waals surface area contributed by atoms with Gasteiger partial charge in [0.25, 0.3) is 0 Å². The zero-order valence-corrected chi connectivity index (χ0v) is 17.0. The third kappa shape index (κ3) is 5.62. The van der Waals surface area contributed by atoms with Crippen molar-refractivity contribution in [3.63, 3.8) is 0 Å². The van der Waals surface area contributed by atoms with Crippen LogP contribution >= 0.6 is 0 Å². The molecule has 0 atom stereocenters. The fourth-order valence-corrected chi connectivity index (χ4v) is 2.94. The van der Waals surface area contributed by atoms with Crippen LogP contribution in [-0.2, 0) is 11.2 Å². The Bertz CT molecular complexity index is 1010. The van der Waals surface area contributed by atoms with E-state index < -0.39 is 0 Å². The molecule has 0 bridgehead atoms. The summed E-state index contributed by atoms with van der Waals surface area (Å²) in [7, 11) is 1.81. The number of aryl methyl sites for hydroxylation is 2. The molecule has 1 amide bonds. The number of carbonyl (C=O) groups is 1. The highest BCUT2D eigenvalue weighted by Gasteiger charge is 2.12. The number of benzene rings is 2. The lowest BCUT2D eigenvalue weighted by Crippen LogP contribution is -2.28. The maximum absolute atomic E-state index is 13.7. The van der Waals surface area contributed by atoms with Gasteiger partial charge in [-0.05, 0) is 37.1 Å². The SMILES string of the molecule is Cc1ccc(-c2noc(CCC(=O)NCCCN(C)c3ccccc3F)n2)cc1F. The van der Waals surface area contributed by atoms with Crippen molar-refractivity contribution in [2.45, 2.75) is 26.2 Å². The van der Waals surface area contributed by atoms with Gasteiger partial charge in [-0.3, -0.25) is 4.79 Å². The molecule has 1 aromatic heterocycles. The molecule has 0 aliphatic heterocycles. The Morgan fingerprint density at radius 3 is 2.73 bits per heavy atom. The molecule has 2 aromatic carbocycles. The summed E-state index contributed by atoms with van der Waals surface area (Å²) in [5.74, 6) is -0.124. The summed E-state index contributed by atoms with van der Waals surface area (Å²) in [6.45, 7) is 2.77. The third-order valence-electron chi connectivity index (χ3n) is 4.72. The first kappa shape index (κ1) is 21.4. The fraction of sp³-hybridized carbons (Fsp3) is 0.318. The Morgan fingerprint density at radius 2 is 1.97 bits per heavy atom. The molecule has 0 unspecified atom stereocenters. The summed E-state index contributed by atoms with van der Waals surface area (Å²) in [4.78, 5) is 18.1. The van der Waals surface area contributed by atoms with Crippen LogP contribution in [-0.4, -0.2) is 36.2 Å². The van der Waals surface area contributed by atoms with Crippen LogP contribution in [0.5, 0.6) is 0 Å². The van der Waals surface area contributed by atoms with E-state index in [1.165, 1.54) is 12.1 Å². The summed E-state index contributed by atoms with van der Waals surface area (Å²) in [6, 6.07) is 11.3. The molecule has 0 saturated heterocycles. The monoisotopic (exact) mass is 414 g/mol. The Labute approximate surface area is 173 Å². The van der Waals surface area contributed by atoms with Gasteiger partial charge in [0.15, 0.2) is 0 Å². The van der Waals surface area contributed by atoms with Crippen molar-refractivity contribution >= 4 is 11.6 Å².